The molecule has 0 N–H and O–H groups in total. The third-order valence-electron chi connectivity index (χ3n) is 4.78. The summed E-state index contributed by atoms with van der Waals surface area (Å²) in [5.74, 6) is -0.798. The Labute approximate surface area is 195 Å². The van der Waals surface area contributed by atoms with Crippen molar-refractivity contribution in [1.29, 1.82) is 5.26 Å². The number of carbonyl (C=O) groups excluding carboxylic acids is 2. The minimum atomic E-state index is -4.78. The van der Waals surface area contributed by atoms with Gasteiger partial charge in [-0.15, -0.1) is 0 Å². The molecule has 0 aliphatic carbocycles. The monoisotopic (exact) mass is 525 g/mol. The second kappa shape index (κ2) is 8.18. The van der Waals surface area contributed by atoms with E-state index in [9.17, 15) is 22.8 Å². The molecule has 1 saturated heterocycles. The predicted molar refractivity (Wildman–Crippen MR) is 118 cm³/mol. The molecule has 32 heavy (non-hydrogen) atoms. The predicted octanol–water partition coefficient (Wildman–Crippen LogP) is 5.18. The van der Waals surface area contributed by atoms with Gasteiger partial charge in [-0.3, -0.25) is 14.5 Å². The SMILES string of the molecule is CC(=O)Oc1ccc(N2C(=S)N(c3ccc(C#N)c(C(F)(F)F)c3)C(=O)C2(C)C)cc1Br. The number of nitriles is 1. The zero-order chi connectivity index (χ0) is 24.0. The lowest BCUT2D eigenvalue weighted by molar-refractivity contribution is -0.138. The van der Waals surface area contributed by atoms with E-state index in [1.54, 1.807) is 26.0 Å². The molecule has 0 spiro atoms. The number of rotatable bonds is 3. The molecule has 2 aromatic rings. The lowest BCUT2D eigenvalue weighted by atomic mass is 10.0. The standard InChI is InChI=1S/C21H15BrF3N3O3S/c1-11(29)31-17-7-6-14(9-16(17)22)28-19(32)27(18(30)20(28,2)3)13-5-4-12(10-26)15(8-13)21(23,24)25/h4-9H,1-3H3. The van der Waals surface area contributed by atoms with Gasteiger partial charge in [0.05, 0.1) is 27.4 Å². The van der Waals surface area contributed by atoms with Gasteiger partial charge in [0.25, 0.3) is 5.91 Å². The normalized spacial score (nSPS) is 15.7. The fourth-order valence-corrected chi connectivity index (χ4v) is 4.30. The van der Waals surface area contributed by atoms with Crippen LogP contribution in [0.5, 0.6) is 5.75 Å². The second-order valence-corrected chi connectivity index (χ2v) is 8.58. The number of ether oxygens (including phenoxy) is 1. The minimum absolute atomic E-state index is 0.0371. The van der Waals surface area contributed by atoms with Crippen molar-refractivity contribution in [3.8, 4) is 11.8 Å². The van der Waals surface area contributed by atoms with Crippen LogP contribution in [0.1, 0.15) is 31.9 Å². The summed E-state index contributed by atoms with van der Waals surface area (Å²) in [6, 6.07) is 9.18. The van der Waals surface area contributed by atoms with Crippen LogP contribution in [-0.2, 0) is 15.8 Å². The van der Waals surface area contributed by atoms with Crippen molar-refractivity contribution in [2.45, 2.75) is 32.5 Å². The first kappa shape index (κ1) is 23.7. The van der Waals surface area contributed by atoms with Crippen molar-refractivity contribution in [2.75, 3.05) is 9.80 Å². The van der Waals surface area contributed by atoms with Gasteiger partial charge in [-0.25, -0.2) is 0 Å². The van der Waals surface area contributed by atoms with E-state index in [0.717, 1.165) is 17.0 Å². The average molecular weight is 526 g/mol. The van der Waals surface area contributed by atoms with Crippen LogP contribution in [0.15, 0.2) is 40.9 Å². The Kier molecular flexibility index (Phi) is 6.06. The first-order valence-corrected chi connectivity index (χ1v) is 10.3. The van der Waals surface area contributed by atoms with Gasteiger partial charge < -0.3 is 9.64 Å². The van der Waals surface area contributed by atoms with Crippen LogP contribution in [0.4, 0.5) is 24.5 Å². The molecular formula is C21H15BrF3N3O3S. The molecule has 0 saturated carbocycles. The minimum Gasteiger partial charge on any atom is -0.426 e. The van der Waals surface area contributed by atoms with Crippen LogP contribution < -0.4 is 14.5 Å². The highest BCUT2D eigenvalue weighted by Crippen LogP contribution is 2.41. The Morgan fingerprint density at radius 3 is 2.34 bits per heavy atom. The molecule has 0 aromatic heterocycles. The maximum atomic E-state index is 13.4. The van der Waals surface area contributed by atoms with Crippen molar-refractivity contribution in [3.63, 3.8) is 0 Å². The molecule has 166 valence electrons. The molecule has 0 bridgehead atoms. The van der Waals surface area contributed by atoms with Gasteiger partial charge >= 0.3 is 12.1 Å². The van der Waals surface area contributed by atoms with E-state index in [1.165, 1.54) is 30.0 Å². The molecule has 0 radical (unpaired) electrons. The topological polar surface area (TPSA) is 73.6 Å². The molecule has 6 nitrogen and oxygen atoms in total. The van der Waals surface area contributed by atoms with E-state index in [0.29, 0.717) is 10.2 Å². The molecule has 1 aliphatic heterocycles. The number of amides is 1. The van der Waals surface area contributed by atoms with Crippen LogP contribution in [0.25, 0.3) is 0 Å². The van der Waals surface area contributed by atoms with Crippen molar-refractivity contribution in [2.24, 2.45) is 0 Å². The van der Waals surface area contributed by atoms with Gasteiger partial charge in [0, 0.05) is 12.6 Å². The van der Waals surface area contributed by atoms with E-state index < -0.39 is 34.7 Å². The zero-order valence-corrected chi connectivity index (χ0v) is 19.4. The van der Waals surface area contributed by atoms with Gasteiger partial charge in [-0.1, -0.05) is 0 Å². The van der Waals surface area contributed by atoms with E-state index in [-0.39, 0.29) is 16.5 Å². The number of esters is 1. The summed E-state index contributed by atoms with van der Waals surface area (Å²) in [5, 5.41) is 8.98. The first-order valence-electron chi connectivity index (χ1n) is 9.07. The van der Waals surface area contributed by atoms with E-state index >= 15 is 0 Å². The Morgan fingerprint density at radius 2 is 1.81 bits per heavy atom. The maximum Gasteiger partial charge on any atom is 0.417 e. The summed E-state index contributed by atoms with van der Waals surface area (Å²) in [5.41, 5.74) is -2.58. The van der Waals surface area contributed by atoms with Crippen molar-refractivity contribution in [3.05, 3.63) is 52.0 Å². The Balaban J connectivity index is 2.08. The Morgan fingerprint density at radius 1 is 1.19 bits per heavy atom. The Bertz CT molecular complexity index is 1190. The molecular weight excluding hydrogens is 511 g/mol. The fraction of sp³-hybridized carbons (Fsp3) is 0.238. The highest BCUT2D eigenvalue weighted by molar-refractivity contribution is 9.10. The lowest BCUT2D eigenvalue weighted by Crippen LogP contribution is -2.44. The molecule has 0 atom stereocenters. The highest BCUT2D eigenvalue weighted by atomic mass is 79.9. The van der Waals surface area contributed by atoms with Gasteiger partial charge in [0.1, 0.15) is 11.3 Å². The maximum absolute atomic E-state index is 13.4. The van der Waals surface area contributed by atoms with Crippen molar-refractivity contribution >= 4 is 56.5 Å². The van der Waals surface area contributed by atoms with Gasteiger partial charge in [-0.2, -0.15) is 18.4 Å². The van der Waals surface area contributed by atoms with Crippen LogP contribution in [0.3, 0.4) is 0 Å². The number of hydrogen-bond donors (Lipinski definition) is 0. The summed E-state index contributed by atoms with van der Waals surface area (Å²) >= 11 is 8.78. The third kappa shape index (κ3) is 4.08. The summed E-state index contributed by atoms with van der Waals surface area (Å²) in [4.78, 5) is 26.9. The smallest absolute Gasteiger partial charge is 0.417 e. The molecule has 0 unspecified atom stereocenters. The summed E-state index contributed by atoms with van der Waals surface area (Å²) in [6.07, 6.45) is -4.78. The van der Waals surface area contributed by atoms with Crippen LogP contribution in [-0.4, -0.2) is 22.5 Å². The number of alkyl halides is 3. The second-order valence-electron chi connectivity index (χ2n) is 7.37. The fourth-order valence-electron chi connectivity index (χ4n) is 3.33. The molecule has 3 rings (SSSR count). The molecule has 1 amide bonds. The highest BCUT2D eigenvalue weighted by Gasteiger charge is 2.50. The first-order chi connectivity index (χ1) is 14.8. The number of carbonyl (C=O) groups is 2. The number of halogens is 4. The van der Waals surface area contributed by atoms with Gasteiger partial charge in [0.15, 0.2) is 5.11 Å². The van der Waals surface area contributed by atoms with E-state index in [1.807, 2.05) is 0 Å². The Hall–Kier alpha value is -2.97. The van der Waals surface area contributed by atoms with Crippen LogP contribution in [0.2, 0.25) is 0 Å². The third-order valence-corrected chi connectivity index (χ3v) is 5.77. The van der Waals surface area contributed by atoms with Gasteiger partial charge in [0.2, 0.25) is 0 Å². The van der Waals surface area contributed by atoms with Gasteiger partial charge in [-0.05, 0) is 78.4 Å². The average Bonchev–Trinajstić information content (AvgIpc) is 2.86. The summed E-state index contributed by atoms with van der Waals surface area (Å²) in [6.45, 7) is 4.43. The van der Waals surface area contributed by atoms with Crippen LogP contribution >= 0.6 is 28.1 Å². The number of benzene rings is 2. The summed E-state index contributed by atoms with van der Waals surface area (Å²) in [7, 11) is 0. The number of anilines is 2. The largest absolute Gasteiger partial charge is 0.426 e. The number of hydrogen-bond acceptors (Lipinski definition) is 5. The number of nitrogens with zero attached hydrogens (tertiary/aromatic N) is 3. The van der Waals surface area contributed by atoms with Crippen molar-refractivity contribution < 1.29 is 27.5 Å². The number of thiocarbonyl (C=S) groups is 1. The lowest BCUT2D eigenvalue weighted by Gasteiger charge is -2.29. The molecule has 1 heterocycles. The zero-order valence-electron chi connectivity index (χ0n) is 17.0. The molecule has 1 fully saturated rings. The molecule has 2 aromatic carbocycles. The van der Waals surface area contributed by atoms with E-state index in [2.05, 4.69) is 15.9 Å². The van der Waals surface area contributed by atoms with E-state index in [4.69, 9.17) is 22.2 Å². The van der Waals surface area contributed by atoms with Crippen LogP contribution in [0, 0.1) is 11.3 Å². The quantitative estimate of drug-likeness (QED) is 0.312. The van der Waals surface area contributed by atoms with Crippen molar-refractivity contribution in [1.82, 2.24) is 0 Å². The molecule has 1 aliphatic rings. The molecule has 11 heteroatoms. The summed E-state index contributed by atoms with van der Waals surface area (Å²) < 4.78 is 45.8.